The quantitative estimate of drug-likeness (QED) is 0.224. The van der Waals surface area contributed by atoms with Gasteiger partial charge in [0.05, 0.1) is 25.5 Å². The Balaban J connectivity index is 1.43. The lowest BCUT2D eigenvalue weighted by atomic mass is 10.1. The van der Waals surface area contributed by atoms with E-state index in [0.29, 0.717) is 46.9 Å². The molecular weight excluding hydrogens is 521 g/mol. The predicted molar refractivity (Wildman–Crippen MR) is 149 cm³/mol. The molecule has 0 spiro atoms. The molecule has 8 nitrogen and oxygen atoms in total. The monoisotopic (exact) mass is 549 g/mol. The van der Waals surface area contributed by atoms with E-state index >= 15 is 0 Å². The highest BCUT2D eigenvalue weighted by Crippen LogP contribution is 2.32. The van der Waals surface area contributed by atoms with E-state index in [4.69, 9.17) is 9.47 Å². The molecule has 10 heteroatoms. The molecule has 0 aliphatic carbocycles. The summed E-state index contributed by atoms with van der Waals surface area (Å²) in [5.74, 6) is -0.0385. The van der Waals surface area contributed by atoms with Crippen molar-refractivity contribution in [3.8, 4) is 22.6 Å². The van der Waals surface area contributed by atoms with Crippen LogP contribution in [0.15, 0.2) is 95.9 Å². The third-order valence-corrected chi connectivity index (χ3v) is 7.22. The van der Waals surface area contributed by atoms with Gasteiger partial charge in [0.2, 0.25) is 0 Å². The summed E-state index contributed by atoms with van der Waals surface area (Å²) in [5.41, 5.74) is 2.49. The average molecular weight is 550 g/mol. The molecule has 4 rings (SSSR count). The lowest BCUT2D eigenvalue weighted by molar-refractivity contribution is 0.0952. The van der Waals surface area contributed by atoms with Crippen LogP contribution >= 0.6 is 0 Å². The second-order valence-corrected chi connectivity index (χ2v) is 10.1. The first kappa shape index (κ1) is 27.5. The molecule has 39 heavy (non-hydrogen) atoms. The molecule has 0 saturated carbocycles. The molecule has 0 fully saturated rings. The third kappa shape index (κ3) is 6.85. The number of carbonyl (C=O) groups is 1. The van der Waals surface area contributed by atoms with E-state index in [1.165, 1.54) is 38.5 Å². The van der Waals surface area contributed by atoms with Gasteiger partial charge in [-0.15, -0.1) is 0 Å². The van der Waals surface area contributed by atoms with Crippen molar-refractivity contribution in [1.82, 2.24) is 5.32 Å². The van der Waals surface area contributed by atoms with E-state index in [1.807, 2.05) is 0 Å². The third-order valence-electron chi connectivity index (χ3n) is 5.82. The van der Waals surface area contributed by atoms with E-state index < -0.39 is 15.8 Å². The lowest BCUT2D eigenvalue weighted by Gasteiger charge is -2.14. The van der Waals surface area contributed by atoms with Gasteiger partial charge in [-0.05, 0) is 65.7 Å². The van der Waals surface area contributed by atoms with E-state index in [0.717, 1.165) is 0 Å². The van der Waals surface area contributed by atoms with Crippen LogP contribution in [0.4, 0.5) is 15.8 Å². The van der Waals surface area contributed by atoms with Crippen LogP contribution in [0, 0.1) is 5.82 Å². The number of rotatable bonds is 11. The van der Waals surface area contributed by atoms with Crippen molar-refractivity contribution in [1.29, 1.82) is 0 Å². The maximum absolute atomic E-state index is 13.7. The van der Waals surface area contributed by atoms with Crippen LogP contribution < -0.4 is 24.8 Å². The molecule has 0 unspecified atom stereocenters. The summed E-state index contributed by atoms with van der Waals surface area (Å²) in [7, 11) is -1.16. The molecule has 1 amide bonds. The van der Waals surface area contributed by atoms with Crippen molar-refractivity contribution in [2.24, 2.45) is 0 Å². The van der Waals surface area contributed by atoms with Crippen molar-refractivity contribution in [3.05, 3.63) is 102 Å². The first-order valence-electron chi connectivity index (χ1n) is 12.0. The topological polar surface area (TPSA) is 106 Å². The summed E-state index contributed by atoms with van der Waals surface area (Å²) >= 11 is 0. The van der Waals surface area contributed by atoms with Crippen LogP contribution in [0.3, 0.4) is 0 Å². The van der Waals surface area contributed by atoms with Crippen LogP contribution in [0.5, 0.6) is 11.5 Å². The van der Waals surface area contributed by atoms with Gasteiger partial charge in [-0.3, -0.25) is 9.52 Å². The van der Waals surface area contributed by atoms with Gasteiger partial charge < -0.3 is 20.1 Å². The zero-order chi connectivity index (χ0) is 27.8. The SMILES string of the molecule is COc1ccccc1C(=O)NCCNc1cccc(NS(=O)(=O)c2cc(-c3cccc(F)c3)ccc2OC)c1. The number of nitrogens with one attached hydrogen (secondary N) is 3. The van der Waals surface area contributed by atoms with E-state index in [2.05, 4.69) is 15.4 Å². The zero-order valence-electron chi connectivity index (χ0n) is 21.4. The Morgan fingerprint density at radius 2 is 1.49 bits per heavy atom. The minimum atomic E-state index is -4.05. The van der Waals surface area contributed by atoms with E-state index in [-0.39, 0.29) is 16.6 Å². The molecule has 4 aromatic rings. The number of hydrogen-bond acceptors (Lipinski definition) is 6. The van der Waals surface area contributed by atoms with Gasteiger partial charge in [0, 0.05) is 18.8 Å². The molecular formula is C29H28FN3O5S. The molecule has 3 N–H and O–H groups in total. The van der Waals surface area contributed by atoms with Crippen LogP contribution in [0.25, 0.3) is 11.1 Å². The van der Waals surface area contributed by atoms with Gasteiger partial charge >= 0.3 is 0 Å². The lowest BCUT2D eigenvalue weighted by Crippen LogP contribution is -2.29. The zero-order valence-corrected chi connectivity index (χ0v) is 22.2. The molecule has 4 aromatic carbocycles. The number of carbonyl (C=O) groups excluding carboxylic acids is 1. The van der Waals surface area contributed by atoms with Crippen LogP contribution in [-0.4, -0.2) is 41.6 Å². The van der Waals surface area contributed by atoms with Gasteiger partial charge in [-0.2, -0.15) is 0 Å². The van der Waals surface area contributed by atoms with Crippen LogP contribution in [0.2, 0.25) is 0 Å². The molecule has 0 aromatic heterocycles. The van der Waals surface area contributed by atoms with E-state index in [9.17, 15) is 17.6 Å². The normalized spacial score (nSPS) is 10.9. The highest BCUT2D eigenvalue weighted by Gasteiger charge is 2.21. The number of halogens is 1. The Hall–Kier alpha value is -4.57. The number of benzene rings is 4. The summed E-state index contributed by atoms with van der Waals surface area (Å²) in [6.45, 7) is 0.734. The van der Waals surface area contributed by atoms with Crippen molar-refractivity contribution in [2.75, 3.05) is 37.3 Å². The average Bonchev–Trinajstić information content (AvgIpc) is 2.94. The number of anilines is 2. The first-order chi connectivity index (χ1) is 18.8. The van der Waals surface area contributed by atoms with E-state index in [1.54, 1.807) is 66.7 Å². The first-order valence-corrected chi connectivity index (χ1v) is 13.5. The molecule has 0 radical (unpaired) electrons. The fourth-order valence-corrected chi connectivity index (χ4v) is 5.19. The predicted octanol–water partition coefficient (Wildman–Crippen LogP) is 5.15. The van der Waals surface area contributed by atoms with Crippen LogP contribution in [0.1, 0.15) is 10.4 Å². The maximum Gasteiger partial charge on any atom is 0.265 e. The Kier molecular flexibility index (Phi) is 8.67. The van der Waals surface area contributed by atoms with Gasteiger partial charge in [0.1, 0.15) is 22.2 Å². The fraction of sp³-hybridized carbons (Fsp3) is 0.138. The minimum Gasteiger partial charge on any atom is -0.496 e. The Bertz CT molecular complexity index is 1580. The number of ether oxygens (including phenoxy) is 2. The second-order valence-electron chi connectivity index (χ2n) is 8.45. The van der Waals surface area contributed by atoms with Crippen molar-refractivity contribution in [2.45, 2.75) is 4.90 Å². The summed E-state index contributed by atoms with van der Waals surface area (Å²) in [4.78, 5) is 12.4. The number of para-hydroxylation sites is 1. The summed E-state index contributed by atoms with van der Waals surface area (Å²) < 4.78 is 53.5. The molecule has 0 aliphatic rings. The molecule has 202 valence electrons. The van der Waals surface area contributed by atoms with Crippen molar-refractivity contribution in [3.63, 3.8) is 0 Å². The number of amides is 1. The number of hydrogen-bond donors (Lipinski definition) is 3. The summed E-state index contributed by atoms with van der Waals surface area (Å²) in [5, 5.41) is 5.99. The van der Waals surface area contributed by atoms with Gasteiger partial charge in [-0.1, -0.05) is 36.4 Å². The molecule has 0 saturated heterocycles. The Labute approximate surface area is 226 Å². The highest BCUT2D eigenvalue weighted by molar-refractivity contribution is 7.92. The molecule has 0 aliphatic heterocycles. The minimum absolute atomic E-state index is 0.0795. The summed E-state index contributed by atoms with van der Waals surface area (Å²) in [6, 6.07) is 24.3. The maximum atomic E-state index is 13.7. The fourth-order valence-electron chi connectivity index (χ4n) is 3.95. The number of methoxy groups -OCH3 is 2. The second kappa shape index (κ2) is 12.3. The molecule has 0 bridgehead atoms. The van der Waals surface area contributed by atoms with Crippen molar-refractivity contribution >= 4 is 27.3 Å². The van der Waals surface area contributed by atoms with Gasteiger partial charge in [-0.25, -0.2) is 12.8 Å². The largest absolute Gasteiger partial charge is 0.496 e. The summed E-state index contributed by atoms with van der Waals surface area (Å²) in [6.07, 6.45) is 0. The Morgan fingerprint density at radius 1 is 0.769 bits per heavy atom. The molecule has 0 atom stereocenters. The smallest absolute Gasteiger partial charge is 0.265 e. The van der Waals surface area contributed by atoms with Crippen LogP contribution in [-0.2, 0) is 10.0 Å². The highest BCUT2D eigenvalue weighted by atomic mass is 32.2. The standard InChI is InChI=1S/C29H28FN3O5S/c1-37-26-12-4-3-11-25(26)29(34)32-16-15-31-23-9-6-10-24(19-23)33-39(35,36)28-18-21(13-14-27(28)38-2)20-7-5-8-22(30)17-20/h3-14,17-19,31,33H,15-16H2,1-2H3,(H,32,34). The van der Waals surface area contributed by atoms with Crippen molar-refractivity contribution < 1.29 is 27.1 Å². The van der Waals surface area contributed by atoms with Gasteiger partial charge in [0.15, 0.2) is 0 Å². The molecule has 0 heterocycles. The Morgan fingerprint density at radius 3 is 2.26 bits per heavy atom. The van der Waals surface area contributed by atoms with Gasteiger partial charge in [0.25, 0.3) is 15.9 Å². The number of sulfonamides is 1.